The van der Waals surface area contributed by atoms with Crippen LogP contribution in [0.1, 0.15) is 10.5 Å². The first-order chi connectivity index (χ1) is 8.59. The number of nitrogens with one attached hydrogen (secondary N) is 1. The average Bonchev–Trinajstić information content (AvgIpc) is 2.34. The van der Waals surface area contributed by atoms with E-state index in [0.29, 0.717) is 0 Å². The Bertz CT molecular complexity index is 581. The van der Waals surface area contributed by atoms with Gasteiger partial charge in [0.2, 0.25) is 0 Å². The fraction of sp³-hybridized carbons (Fsp3) is 0. The van der Waals surface area contributed by atoms with Gasteiger partial charge in [-0.15, -0.1) is 0 Å². The first-order valence-electron chi connectivity index (χ1n) is 4.95. The second-order valence-electron chi connectivity index (χ2n) is 3.38. The Morgan fingerprint density at radius 3 is 2.22 bits per heavy atom. The Morgan fingerprint density at radius 1 is 1.00 bits per heavy atom. The van der Waals surface area contributed by atoms with Crippen molar-refractivity contribution in [2.45, 2.75) is 0 Å². The maximum atomic E-state index is 13.3. The van der Waals surface area contributed by atoms with Crippen LogP contribution in [0, 0.1) is 17.5 Å². The van der Waals surface area contributed by atoms with E-state index in [-0.39, 0.29) is 0 Å². The van der Waals surface area contributed by atoms with Crippen molar-refractivity contribution in [1.29, 1.82) is 0 Å². The number of benzene rings is 1. The Labute approximate surface area is 100 Å². The second-order valence-corrected chi connectivity index (χ2v) is 3.38. The molecule has 0 aliphatic rings. The molecule has 0 saturated carbocycles. The van der Waals surface area contributed by atoms with Crippen LogP contribution in [0.3, 0.4) is 0 Å². The molecule has 0 unspecified atom stereocenters. The summed E-state index contributed by atoms with van der Waals surface area (Å²) in [5.41, 5.74) is -1.16. The van der Waals surface area contributed by atoms with E-state index in [1.54, 1.807) is 0 Å². The summed E-state index contributed by atoms with van der Waals surface area (Å²) in [5, 5.41) is 1.94. The van der Waals surface area contributed by atoms with Gasteiger partial charge in [-0.3, -0.25) is 4.79 Å². The zero-order valence-electron chi connectivity index (χ0n) is 8.95. The molecule has 0 bridgehead atoms. The van der Waals surface area contributed by atoms with Gasteiger partial charge in [0.15, 0.2) is 11.5 Å². The molecule has 1 heterocycles. The van der Waals surface area contributed by atoms with Crippen LogP contribution in [-0.4, -0.2) is 10.9 Å². The summed E-state index contributed by atoms with van der Waals surface area (Å²) in [6.45, 7) is 0. The standard InChI is InChI=1S/C12H7F3N2O/c13-7-3-1-4-8(14)10(7)17-12(18)11-9(15)5-2-6-16-11/h1-6H,(H,17,18). The van der Waals surface area contributed by atoms with E-state index in [4.69, 9.17) is 0 Å². The number of amides is 1. The summed E-state index contributed by atoms with van der Waals surface area (Å²) in [5.74, 6) is -3.77. The lowest BCUT2D eigenvalue weighted by molar-refractivity contribution is 0.101. The average molecular weight is 252 g/mol. The lowest BCUT2D eigenvalue weighted by Gasteiger charge is -2.07. The predicted octanol–water partition coefficient (Wildman–Crippen LogP) is 2.75. The lowest BCUT2D eigenvalue weighted by atomic mass is 10.2. The molecule has 0 saturated heterocycles. The molecule has 3 nitrogen and oxygen atoms in total. The van der Waals surface area contributed by atoms with E-state index in [2.05, 4.69) is 4.98 Å². The SMILES string of the molecule is O=C(Nc1c(F)cccc1F)c1ncccc1F. The van der Waals surface area contributed by atoms with E-state index < -0.39 is 34.7 Å². The van der Waals surface area contributed by atoms with Crippen LogP contribution in [0.2, 0.25) is 0 Å². The molecule has 0 aliphatic carbocycles. The Hall–Kier alpha value is -2.37. The topological polar surface area (TPSA) is 42.0 Å². The normalized spacial score (nSPS) is 10.2. The maximum absolute atomic E-state index is 13.3. The molecular weight excluding hydrogens is 245 g/mol. The van der Waals surface area contributed by atoms with E-state index in [0.717, 1.165) is 24.3 Å². The highest BCUT2D eigenvalue weighted by Gasteiger charge is 2.17. The molecule has 2 rings (SSSR count). The number of para-hydroxylation sites is 1. The molecule has 0 aliphatic heterocycles. The maximum Gasteiger partial charge on any atom is 0.277 e. The van der Waals surface area contributed by atoms with Gasteiger partial charge in [0.1, 0.15) is 17.3 Å². The lowest BCUT2D eigenvalue weighted by Crippen LogP contribution is -2.17. The molecule has 2 aromatic rings. The highest BCUT2D eigenvalue weighted by atomic mass is 19.1. The minimum atomic E-state index is -1.02. The van der Waals surface area contributed by atoms with E-state index >= 15 is 0 Å². The highest BCUT2D eigenvalue weighted by molar-refractivity contribution is 6.03. The van der Waals surface area contributed by atoms with Crippen LogP contribution in [0.15, 0.2) is 36.5 Å². The molecule has 1 aromatic heterocycles. The van der Waals surface area contributed by atoms with Crippen molar-refractivity contribution in [1.82, 2.24) is 4.98 Å². The number of carbonyl (C=O) groups is 1. The van der Waals surface area contributed by atoms with Crippen molar-refractivity contribution in [3.63, 3.8) is 0 Å². The Balaban J connectivity index is 2.30. The van der Waals surface area contributed by atoms with E-state index in [1.807, 2.05) is 5.32 Å². The number of halogens is 3. The van der Waals surface area contributed by atoms with Gasteiger partial charge in [0.25, 0.3) is 5.91 Å². The number of hydrogen-bond donors (Lipinski definition) is 1. The van der Waals surface area contributed by atoms with E-state index in [9.17, 15) is 18.0 Å². The second kappa shape index (κ2) is 4.87. The van der Waals surface area contributed by atoms with Crippen molar-refractivity contribution in [2.24, 2.45) is 0 Å². The highest BCUT2D eigenvalue weighted by Crippen LogP contribution is 2.19. The van der Waals surface area contributed by atoms with Gasteiger partial charge >= 0.3 is 0 Å². The minimum Gasteiger partial charge on any atom is -0.316 e. The summed E-state index contributed by atoms with van der Waals surface area (Å²) >= 11 is 0. The van der Waals surface area contributed by atoms with Gasteiger partial charge in [0, 0.05) is 6.20 Å². The Kier molecular flexibility index (Phi) is 3.27. The largest absolute Gasteiger partial charge is 0.316 e. The van der Waals surface area contributed by atoms with Gasteiger partial charge in [-0.2, -0.15) is 0 Å². The monoisotopic (exact) mass is 252 g/mol. The zero-order valence-corrected chi connectivity index (χ0v) is 8.95. The van der Waals surface area contributed by atoms with Gasteiger partial charge in [-0.25, -0.2) is 18.2 Å². The van der Waals surface area contributed by atoms with Gasteiger partial charge in [-0.1, -0.05) is 6.07 Å². The molecule has 0 radical (unpaired) electrons. The third-order valence-electron chi connectivity index (χ3n) is 2.17. The van der Waals surface area contributed by atoms with Crippen molar-refractivity contribution in [3.05, 3.63) is 59.7 Å². The molecule has 0 atom stereocenters. The predicted molar refractivity (Wildman–Crippen MR) is 58.5 cm³/mol. The van der Waals surface area contributed by atoms with Crippen LogP contribution >= 0.6 is 0 Å². The molecule has 1 N–H and O–H groups in total. The molecule has 18 heavy (non-hydrogen) atoms. The molecule has 1 aromatic carbocycles. The number of nitrogens with zero attached hydrogens (tertiary/aromatic N) is 1. The number of pyridine rings is 1. The van der Waals surface area contributed by atoms with E-state index in [1.165, 1.54) is 12.3 Å². The fourth-order valence-electron chi connectivity index (χ4n) is 1.34. The first kappa shape index (κ1) is 12.1. The van der Waals surface area contributed by atoms with Crippen molar-refractivity contribution in [3.8, 4) is 0 Å². The summed E-state index contributed by atoms with van der Waals surface area (Å²) in [7, 11) is 0. The van der Waals surface area contributed by atoms with Crippen LogP contribution in [-0.2, 0) is 0 Å². The van der Waals surface area contributed by atoms with Crippen molar-refractivity contribution < 1.29 is 18.0 Å². The van der Waals surface area contributed by atoms with Gasteiger partial charge in [0.05, 0.1) is 0 Å². The molecule has 92 valence electrons. The molecule has 6 heteroatoms. The minimum absolute atomic E-state index is 0.528. The van der Waals surface area contributed by atoms with Crippen LogP contribution < -0.4 is 5.32 Å². The summed E-state index contributed by atoms with van der Waals surface area (Å²) in [6.07, 6.45) is 1.20. The number of rotatable bonds is 2. The number of hydrogen-bond acceptors (Lipinski definition) is 2. The molecule has 1 amide bonds. The zero-order chi connectivity index (χ0) is 13.1. The fourth-order valence-corrected chi connectivity index (χ4v) is 1.34. The van der Waals surface area contributed by atoms with Crippen LogP contribution in [0.25, 0.3) is 0 Å². The smallest absolute Gasteiger partial charge is 0.277 e. The number of anilines is 1. The summed E-state index contributed by atoms with van der Waals surface area (Å²) in [4.78, 5) is 15.1. The third kappa shape index (κ3) is 2.32. The third-order valence-corrected chi connectivity index (χ3v) is 2.17. The molecular formula is C12H7F3N2O. The van der Waals surface area contributed by atoms with Crippen LogP contribution in [0.5, 0.6) is 0 Å². The molecule has 0 fully saturated rings. The van der Waals surface area contributed by atoms with Crippen molar-refractivity contribution >= 4 is 11.6 Å². The van der Waals surface area contributed by atoms with Crippen molar-refractivity contribution in [2.75, 3.05) is 5.32 Å². The summed E-state index contributed by atoms with van der Waals surface area (Å²) in [6, 6.07) is 5.44. The first-order valence-corrected chi connectivity index (χ1v) is 4.95. The van der Waals surface area contributed by atoms with Gasteiger partial charge < -0.3 is 5.32 Å². The number of carbonyl (C=O) groups excluding carboxylic acids is 1. The number of aromatic nitrogens is 1. The van der Waals surface area contributed by atoms with Crippen LogP contribution in [0.4, 0.5) is 18.9 Å². The molecule has 0 spiro atoms. The Morgan fingerprint density at radius 2 is 1.61 bits per heavy atom. The quantitative estimate of drug-likeness (QED) is 0.892. The summed E-state index contributed by atoms with van der Waals surface area (Å²) < 4.78 is 39.7. The van der Waals surface area contributed by atoms with Gasteiger partial charge in [-0.05, 0) is 24.3 Å².